The maximum atomic E-state index is 14.5. The van der Waals surface area contributed by atoms with Crippen molar-refractivity contribution in [2.45, 2.75) is 124 Å². The lowest BCUT2D eigenvalue weighted by molar-refractivity contribution is -0.191. The Morgan fingerprint density at radius 2 is 1.61 bits per heavy atom. The molecule has 4 fully saturated rings. The Balaban J connectivity index is 1.22. The molecule has 41 heavy (non-hydrogen) atoms. The minimum Gasteiger partial charge on any atom is -0.460 e. The van der Waals surface area contributed by atoms with Crippen LogP contribution >= 0.6 is 0 Å². The molecule has 4 saturated carbocycles. The van der Waals surface area contributed by atoms with Gasteiger partial charge in [-0.05, 0) is 117 Å². The Hall–Kier alpha value is -1.95. The number of benzene rings is 1. The highest BCUT2D eigenvalue weighted by Gasteiger charge is 2.62. The monoisotopic (exact) mass is 570 g/mol. The minimum atomic E-state index is -0.552. The number of hydrogen-bond acceptors (Lipinski definition) is 5. The number of rotatable bonds is 8. The van der Waals surface area contributed by atoms with Crippen molar-refractivity contribution in [1.29, 1.82) is 0 Å². The van der Waals surface area contributed by atoms with E-state index in [1.807, 2.05) is 0 Å². The van der Waals surface area contributed by atoms with Gasteiger partial charge in [-0.25, -0.2) is 4.39 Å². The van der Waals surface area contributed by atoms with Crippen molar-refractivity contribution in [2.75, 3.05) is 0 Å². The highest BCUT2D eigenvalue weighted by Crippen LogP contribution is 2.68. The molecule has 6 heteroatoms. The van der Waals surface area contributed by atoms with Crippen LogP contribution in [0.2, 0.25) is 0 Å². The van der Waals surface area contributed by atoms with Crippen molar-refractivity contribution in [3.8, 4) is 0 Å². The van der Waals surface area contributed by atoms with E-state index in [2.05, 4.69) is 20.8 Å². The molecule has 0 spiro atoms. The van der Waals surface area contributed by atoms with E-state index in [-0.39, 0.29) is 35.2 Å². The quantitative estimate of drug-likeness (QED) is 0.323. The van der Waals surface area contributed by atoms with Gasteiger partial charge in [0.1, 0.15) is 18.0 Å². The van der Waals surface area contributed by atoms with Gasteiger partial charge in [-0.1, -0.05) is 45.4 Å². The van der Waals surface area contributed by atoms with Crippen molar-refractivity contribution >= 4 is 11.9 Å². The predicted octanol–water partition coefficient (Wildman–Crippen LogP) is 7.80. The lowest BCUT2D eigenvalue weighted by Crippen LogP contribution is -2.58. The summed E-state index contributed by atoms with van der Waals surface area (Å²) in [5, 5.41) is 11.3. The van der Waals surface area contributed by atoms with Gasteiger partial charge in [0, 0.05) is 19.4 Å². The van der Waals surface area contributed by atoms with Crippen molar-refractivity contribution in [2.24, 2.45) is 46.3 Å². The topological polar surface area (TPSA) is 72.8 Å². The third-order valence-electron chi connectivity index (χ3n) is 12.5. The summed E-state index contributed by atoms with van der Waals surface area (Å²) in [6.07, 6.45) is 10.2. The molecular weight excluding hydrogens is 519 g/mol. The Bertz CT molecular complexity index is 1110. The van der Waals surface area contributed by atoms with Gasteiger partial charge >= 0.3 is 11.9 Å². The molecule has 4 aliphatic rings. The minimum absolute atomic E-state index is 0.114. The highest BCUT2D eigenvalue weighted by molar-refractivity contribution is 5.66. The zero-order chi connectivity index (χ0) is 29.5. The standard InChI is InChI=1S/C35H51FO5/c1-21(9-8-12-31(40-22(2)37)25-10-6-7-11-30(25)36)26-15-16-27-24-13-14-29-33(39)32(41-23(3)38)18-20-35(29,5)28(24)17-19-34(26,27)4/h6-7,10-11,21,24,26-29,31-33,39H,8-9,12-20H2,1-5H3/t21?,24-,26+,27-,28-,29-,31?,32-,33+,34+,35+/m0/s1. The van der Waals surface area contributed by atoms with E-state index in [1.165, 1.54) is 52.0 Å². The molecule has 5 nitrogen and oxygen atoms in total. The molecule has 0 saturated heterocycles. The third-order valence-corrected chi connectivity index (χ3v) is 12.5. The third kappa shape index (κ3) is 5.71. The van der Waals surface area contributed by atoms with E-state index in [0.717, 1.165) is 38.0 Å². The van der Waals surface area contributed by atoms with Crippen LogP contribution in [0.5, 0.6) is 0 Å². The summed E-state index contributed by atoms with van der Waals surface area (Å²) in [5.41, 5.74) is 0.915. The van der Waals surface area contributed by atoms with Gasteiger partial charge in [0.15, 0.2) is 0 Å². The second-order valence-corrected chi connectivity index (χ2v) is 14.5. The first-order chi connectivity index (χ1) is 19.5. The second kappa shape index (κ2) is 12.0. The van der Waals surface area contributed by atoms with E-state index in [9.17, 15) is 19.1 Å². The molecule has 1 aromatic carbocycles. The molecule has 228 valence electrons. The lowest BCUT2D eigenvalue weighted by Gasteiger charge is -2.62. The van der Waals surface area contributed by atoms with Crippen LogP contribution in [0.4, 0.5) is 4.39 Å². The zero-order valence-electron chi connectivity index (χ0n) is 25.7. The second-order valence-electron chi connectivity index (χ2n) is 14.5. The van der Waals surface area contributed by atoms with Crippen molar-refractivity contribution in [1.82, 2.24) is 0 Å². The van der Waals surface area contributed by atoms with E-state index >= 15 is 0 Å². The molecule has 0 heterocycles. The van der Waals surface area contributed by atoms with Crippen LogP contribution in [-0.4, -0.2) is 29.3 Å². The molecule has 0 aromatic heterocycles. The number of halogens is 1. The first kappa shape index (κ1) is 30.5. The summed E-state index contributed by atoms with van der Waals surface area (Å²) in [5.74, 6) is 2.53. The summed E-state index contributed by atoms with van der Waals surface area (Å²) >= 11 is 0. The molecule has 11 atom stereocenters. The maximum absolute atomic E-state index is 14.5. The van der Waals surface area contributed by atoms with Crippen LogP contribution in [0.15, 0.2) is 24.3 Å². The van der Waals surface area contributed by atoms with E-state index in [1.54, 1.807) is 18.2 Å². The molecule has 2 unspecified atom stereocenters. The van der Waals surface area contributed by atoms with E-state index in [4.69, 9.17) is 9.47 Å². The van der Waals surface area contributed by atoms with Crippen molar-refractivity contribution in [3.05, 3.63) is 35.6 Å². The van der Waals surface area contributed by atoms with Gasteiger partial charge < -0.3 is 14.6 Å². The number of esters is 2. The average molecular weight is 571 g/mol. The van der Waals surface area contributed by atoms with Gasteiger partial charge in [-0.2, -0.15) is 0 Å². The van der Waals surface area contributed by atoms with Gasteiger partial charge in [0.2, 0.25) is 0 Å². The first-order valence-electron chi connectivity index (χ1n) is 16.2. The lowest BCUT2D eigenvalue weighted by atomic mass is 9.44. The van der Waals surface area contributed by atoms with E-state index < -0.39 is 12.2 Å². The Morgan fingerprint density at radius 3 is 2.32 bits per heavy atom. The van der Waals surface area contributed by atoms with Crippen molar-refractivity contribution in [3.63, 3.8) is 0 Å². The number of carbonyl (C=O) groups excluding carboxylic acids is 2. The van der Waals surface area contributed by atoms with E-state index in [0.29, 0.717) is 41.1 Å². The summed E-state index contributed by atoms with van der Waals surface area (Å²) in [6.45, 7) is 10.2. The molecule has 1 aromatic rings. The predicted molar refractivity (Wildman–Crippen MR) is 156 cm³/mol. The van der Waals surface area contributed by atoms with Crippen LogP contribution in [0.1, 0.15) is 117 Å². The average Bonchev–Trinajstić information content (AvgIpc) is 3.27. The molecule has 0 aliphatic heterocycles. The van der Waals surface area contributed by atoms with Gasteiger partial charge in [0.25, 0.3) is 0 Å². The van der Waals surface area contributed by atoms with Gasteiger partial charge in [0.05, 0.1) is 6.10 Å². The van der Waals surface area contributed by atoms with Crippen LogP contribution in [-0.2, 0) is 19.1 Å². The number of aliphatic hydroxyl groups is 1. The molecule has 0 bridgehead atoms. The van der Waals surface area contributed by atoms with Crippen LogP contribution in [0, 0.1) is 52.2 Å². The van der Waals surface area contributed by atoms with Crippen molar-refractivity contribution < 1.29 is 28.6 Å². The fourth-order valence-corrected chi connectivity index (χ4v) is 10.7. The van der Waals surface area contributed by atoms with Crippen LogP contribution in [0.3, 0.4) is 0 Å². The maximum Gasteiger partial charge on any atom is 0.303 e. The number of aliphatic hydroxyl groups excluding tert-OH is 1. The van der Waals surface area contributed by atoms with Gasteiger partial charge in [-0.3, -0.25) is 9.59 Å². The molecule has 1 N–H and O–H groups in total. The number of fused-ring (bicyclic) bond motifs is 5. The molecule has 0 amide bonds. The molecule has 5 rings (SSSR count). The Morgan fingerprint density at radius 1 is 0.927 bits per heavy atom. The van der Waals surface area contributed by atoms with Gasteiger partial charge in [-0.15, -0.1) is 0 Å². The fourth-order valence-electron chi connectivity index (χ4n) is 10.7. The highest BCUT2D eigenvalue weighted by atomic mass is 19.1. The number of ether oxygens (including phenoxy) is 2. The summed E-state index contributed by atoms with van der Waals surface area (Å²) in [7, 11) is 0. The zero-order valence-corrected chi connectivity index (χ0v) is 25.7. The molecular formula is C35H51FO5. The number of carbonyl (C=O) groups is 2. The Labute approximate surface area is 246 Å². The Kier molecular flexibility index (Phi) is 8.91. The molecule has 4 aliphatic carbocycles. The van der Waals surface area contributed by atoms with Crippen LogP contribution in [0.25, 0.3) is 0 Å². The smallest absolute Gasteiger partial charge is 0.303 e. The molecule has 0 radical (unpaired) electrons. The SMILES string of the molecule is CC(=O)OC(CCCC(C)[C@H]1CC[C@H]2[C@@H]3CC[C@H]4[C@@H](O)[C@@H](OC(C)=O)CC[C@]4(C)[C@H]3CC[C@]12C)c1ccccc1F. The fraction of sp³-hybridized carbons (Fsp3) is 0.771. The van der Waals surface area contributed by atoms with Crippen LogP contribution < -0.4 is 0 Å². The largest absolute Gasteiger partial charge is 0.460 e. The normalized spacial score (nSPS) is 39.5. The summed E-state index contributed by atoms with van der Waals surface area (Å²) < 4.78 is 25.6. The first-order valence-corrected chi connectivity index (χ1v) is 16.2. The number of hydrogen-bond donors (Lipinski definition) is 1. The summed E-state index contributed by atoms with van der Waals surface area (Å²) in [4.78, 5) is 23.4. The summed E-state index contributed by atoms with van der Waals surface area (Å²) in [6, 6.07) is 6.63.